The van der Waals surface area contributed by atoms with Crippen LogP contribution in [0, 0.1) is 0 Å². The summed E-state index contributed by atoms with van der Waals surface area (Å²) in [6.45, 7) is 4.05. The topological polar surface area (TPSA) is 133 Å². The molecule has 114 valence electrons. The van der Waals surface area contributed by atoms with Crippen molar-refractivity contribution in [1.29, 1.82) is 0 Å². The van der Waals surface area contributed by atoms with Crippen molar-refractivity contribution in [2.45, 2.75) is 19.9 Å². The van der Waals surface area contributed by atoms with Crippen LogP contribution in [-0.2, 0) is 22.2 Å². The summed E-state index contributed by atoms with van der Waals surface area (Å²) in [6.07, 6.45) is 3.18. The van der Waals surface area contributed by atoms with E-state index in [9.17, 15) is 4.79 Å². The van der Waals surface area contributed by atoms with Gasteiger partial charge >= 0.3 is 11.9 Å². The van der Waals surface area contributed by atoms with Crippen molar-refractivity contribution in [3.8, 4) is 0 Å². The molecule has 1 aromatic heterocycles. The van der Waals surface area contributed by atoms with E-state index < -0.39 is 10.4 Å². The van der Waals surface area contributed by atoms with E-state index in [1.165, 1.54) is 13.3 Å². The molecule has 0 atom stereocenters. The molecule has 0 aliphatic rings. The molecule has 1 rings (SSSR count). The Morgan fingerprint density at radius 2 is 2.05 bits per heavy atom. The quantitative estimate of drug-likeness (QED) is 0.331. The van der Waals surface area contributed by atoms with Gasteiger partial charge < -0.3 is 9.29 Å². The first-order chi connectivity index (χ1) is 9.04. The number of hydrogen-bond donors (Lipinski definition) is 2. The zero-order valence-corrected chi connectivity index (χ0v) is 12.3. The maximum Gasteiger partial charge on any atom is 0.391 e. The van der Waals surface area contributed by atoms with Gasteiger partial charge in [-0.15, -0.1) is 0 Å². The van der Waals surface area contributed by atoms with E-state index in [0.29, 0.717) is 11.6 Å². The molecule has 0 saturated heterocycles. The molecule has 0 amide bonds. The average Bonchev–Trinajstić information content (AvgIpc) is 2.28. The third kappa shape index (κ3) is 8.34. The second kappa shape index (κ2) is 7.72. The van der Waals surface area contributed by atoms with Crippen molar-refractivity contribution >= 4 is 22.3 Å². The lowest BCUT2D eigenvalue weighted by atomic mass is 10.3. The fourth-order valence-corrected chi connectivity index (χ4v) is 1.15. The van der Waals surface area contributed by atoms with Crippen LogP contribution in [0.4, 0.5) is 5.95 Å². The van der Waals surface area contributed by atoms with Gasteiger partial charge in [-0.3, -0.25) is 9.87 Å². The molecular weight excluding hydrogens is 290 g/mol. The first-order valence-electron chi connectivity index (χ1n) is 5.43. The first kappa shape index (κ1) is 18.2. The number of methoxy groups -OCH3 is 1. The largest absolute Gasteiger partial charge is 0.726 e. The van der Waals surface area contributed by atoms with Crippen molar-refractivity contribution in [3.05, 3.63) is 18.0 Å². The molecule has 20 heavy (non-hydrogen) atoms. The van der Waals surface area contributed by atoms with Crippen LogP contribution >= 0.6 is 0 Å². The Kier molecular flexibility index (Phi) is 7.04. The molecule has 0 unspecified atom stereocenters. The number of nitrogens with one attached hydrogen (secondary N) is 1. The standard InChI is InChI=1S/C10H15N3O2.H2O4S/c1-7(2)12-10-11-5-8(6-13(10)3)9(14)15-4;1-5(2,3)4/h5-7H,1-4H3;(H2,1,2,3,4). The van der Waals surface area contributed by atoms with Gasteiger partial charge in [-0.05, 0) is 13.8 Å². The fourth-order valence-electron chi connectivity index (χ4n) is 1.15. The van der Waals surface area contributed by atoms with Gasteiger partial charge in [-0.1, -0.05) is 4.98 Å². The van der Waals surface area contributed by atoms with E-state index in [4.69, 9.17) is 17.5 Å². The smallest absolute Gasteiger partial charge is 0.391 e. The summed E-state index contributed by atoms with van der Waals surface area (Å²) in [4.78, 5) is 15.3. The van der Waals surface area contributed by atoms with Gasteiger partial charge in [0.25, 0.3) is 0 Å². The number of esters is 1. The normalized spacial score (nSPS) is 10.6. The Balaban J connectivity index is 0.000000621. The second-order valence-electron chi connectivity index (χ2n) is 4.00. The summed E-state index contributed by atoms with van der Waals surface area (Å²) in [5, 5.41) is 3.16. The van der Waals surface area contributed by atoms with Crippen LogP contribution in [0.15, 0.2) is 12.4 Å². The number of carbonyl (C=O) groups is 1. The Bertz CT molecular complexity index is 550. The third-order valence-corrected chi connectivity index (χ3v) is 1.83. The van der Waals surface area contributed by atoms with Crippen molar-refractivity contribution in [2.75, 3.05) is 12.4 Å². The molecule has 0 saturated carbocycles. The zero-order chi connectivity index (χ0) is 15.9. The first-order valence-corrected chi connectivity index (χ1v) is 6.80. The van der Waals surface area contributed by atoms with E-state index >= 15 is 0 Å². The average molecular weight is 307 g/mol. The lowest BCUT2D eigenvalue weighted by Gasteiger charge is -2.05. The molecule has 10 heteroatoms. The SMILES string of the molecule is COC(=O)c1cnc(NC(C)C)[n+](C)c1.O=S(=O)([O-])O. The number of nitrogens with zero attached hydrogens (tertiary/aromatic N) is 2. The van der Waals surface area contributed by atoms with Crippen LogP contribution in [0.3, 0.4) is 0 Å². The van der Waals surface area contributed by atoms with Crippen LogP contribution in [-0.4, -0.2) is 41.6 Å². The highest BCUT2D eigenvalue weighted by molar-refractivity contribution is 7.79. The van der Waals surface area contributed by atoms with Crippen molar-refractivity contribution in [1.82, 2.24) is 4.98 Å². The predicted octanol–water partition coefficient (Wildman–Crippen LogP) is -0.482. The van der Waals surface area contributed by atoms with Gasteiger partial charge in [0.15, 0.2) is 0 Å². The van der Waals surface area contributed by atoms with E-state index in [1.54, 1.807) is 10.8 Å². The van der Waals surface area contributed by atoms with Crippen LogP contribution < -0.4 is 9.88 Å². The van der Waals surface area contributed by atoms with Crippen molar-refractivity contribution in [3.63, 3.8) is 0 Å². The minimum atomic E-state index is -4.92. The van der Waals surface area contributed by atoms with E-state index in [1.807, 2.05) is 20.9 Å². The molecular formula is C10H17N3O6S. The summed E-state index contributed by atoms with van der Waals surface area (Å²) in [5.74, 6) is 0.340. The Hall–Kier alpha value is -1.78. The van der Waals surface area contributed by atoms with Crippen LogP contribution in [0.2, 0.25) is 0 Å². The summed E-state index contributed by atoms with van der Waals surface area (Å²) in [6, 6.07) is 0.299. The Labute approximate surface area is 117 Å². The van der Waals surface area contributed by atoms with E-state index in [2.05, 4.69) is 15.0 Å². The third-order valence-electron chi connectivity index (χ3n) is 1.83. The number of carbonyl (C=O) groups excluding carboxylic acids is 1. The maximum atomic E-state index is 11.2. The van der Waals surface area contributed by atoms with Crippen molar-refractivity contribution < 1.29 is 31.6 Å². The minimum absolute atomic E-state index is 0.299. The molecule has 9 nitrogen and oxygen atoms in total. The highest BCUT2D eigenvalue weighted by Gasteiger charge is 2.14. The summed E-state index contributed by atoms with van der Waals surface area (Å²) < 4.78 is 39.2. The number of anilines is 1. The Morgan fingerprint density at radius 1 is 1.55 bits per heavy atom. The minimum Gasteiger partial charge on any atom is -0.726 e. The number of ether oxygens (including phenoxy) is 1. The monoisotopic (exact) mass is 307 g/mol. The highest BCUT2D eigenvalue weighted by atomic mass is 32.3. The van der Waals surface area contributed by atoms with Gasteiger partial charge in [-0.2, -0.15) is 0 Å². The summed E-state index contributed by atoms with van der Waals surface area (Å²) >= 11 is 0. The molecule has 0 bridgehead atoms. The van der Waals surface area contributed by atoms with Crippen LogP contribution in [0.1, 0.15) is 24.2 Å². The molecule has 0 fully saturated rings. The summed E-state index contributed by atoms with van der Waals surface area (Å²) in [5.41, 5.74) is 0.439. The van der Waals surface area contributed by atoms with Crippen molar-refractivity contribution in [2.24, 2.45) is 7.05 Å². The lowest BCUT2D eigenvalue weighted by molar-refractivity contribution is -0.660. The van der Waals surface area contributed by atoms with Gasteiger partial charge in [0.2, 0.25) is 10.4 Å². The summed E-state index contributed by atoms with van der Waals surface area (Å²) in [7, 11) is -1.74. The van der Waals surface area contributed by atoms with Gasteiger partial charge in [0.1, 0.15) is 11.8 Å². The molecule has 0 aliphatic carbocycles. The second-order valence-corrected chi connectivity index (χ2v) is 4.85. The molecule has 0 aromatic carbocycles. The highest BCUT2D eigenvalue weighted by Crippen LogP contribution is 2.00. The van der Waals surface area contributed by atoms with Gasteiger partial charge in [0, 0.05) is 0 Å². The van der Waals surface area contributed by atoms with Gasteiger partial charge in [0.05, 0.1) is 26.4 Å². The number of rotatable bonds is 3. The molecule has 0 radical (unpaired) electrons. The number of hydrogen-bond acceptors (Lipinski definition) is 7. The molecule has 0 aliphatic heterocycles. The number of aryl methyl sites for hydroxylation is 1. The Morgan fingerprint density at radius 3 is 2.40 bits per heavy atom. The predicted molar refractivity (Wildman–Crippen MR) is 67.8 cm³/mol. The molecule has 2 N–H and O–H groups in total. The van der Waals surface area contributed by atoms with Crippen LogP contribution in [0.25, 0.3) is 0 Å². The van der Waals surface area contributed by atoms with E-state index in [0.717, 1.165) is 5.95 Å². The van der Waals surface area contributed by atoms with Gasteiger partial charge in [-0.25, -0.2) is 17.8 Å². The zero-order valence-electron chi connectivity index (χ0n) is 11.5. The lowest BCUT2D eigenvalue weighted by Crippen LogP contribution is -2.36. The molecule has 1 aromatic rings. The fraction of sp³-hybridized carbons (Fsp3) is 0.500. The van der Waals surface area contributed by atoms with Crippen LogP contribution in [0.5, 0.6) is 0 Å². The number of aromatic nitrogens is 2. The molecule has 1 heterocycles. The van der Waals surface area contributed by atoms with E-state index in [-0.39, 0.29) is 5.97 Å². The molecule has 0 spiro atoms. The maximum absolute atomic E-state index is 11.2.